The summed E-state index contributed by atoms with van der Waals surface area (Å²) in [6, 6.07) is 5.37. The Hall–Kier alpha value is -2.04. The summed E-state index contributed by atoms with van der Waals surface area (Å²) in [5.74, 6) is 1.50. The van der Waals surface area contributed by atoms with Crippen molar-refractivity contribution in [3.63, 3.8) is 0 Å². The maximum Gasteiger partial charge on any atom is 0.234 e. The van der Waals surface area contributed by atoms with Gasteiger partial charge >= 0.3 is 0 Å². The summed E-state index contributed by atoms with van der Waals surface area (Å²) in [4.78, 5) is 12.2. The lowest BCUT2D eigenvalue weighted by Gasteiger charge is -2.18. The van der Waals surface area contributed by atoms with E-state index in [0.29, 0.717) is 30.4 Å². The van der Waals surface area contributed by atoms with E-state index in [1.54, 1.807) is 18.2 Å². The predicted octanol–water partition coefficient (Wildman–Crippen LogP) is 2.63. The summed E-state index contributed by atoms with van der Waals surface area (Å²) >= 11 is 2.80. The molecular weight excluding hydrogens is 388 g/mol. The number of rotatable bonds is 7. The van der Waals surface area contributed by atoms with Crippen molar-refractivity contribution in [2.24, 2.45) is 0 Å². The van der Waals surface area contributed by atoms with Crippen LogP contribution in [0.1, 0.15) is 12.8 Å². The molecule has 0 unspecified atom stereocenters. The molecule has 1 atom stereocenters. The summed E-state index contributed by atoms with van der Waals surface area (Å²) in [5, 5.41) is 15.1. The molecule has 144 valence electrons. The maximum atomic E-state index is 12.2. The highest BCUT2D eigenvalue weighted by molar-refractivity contribution is 8.01. The standard InChI is InChI=1S/C17H20N4O4S2/c22-15(19-11-3-4-13-14(8-11)25-7-6-24-13)10-26-17-21-20-16(27-17)18-9-12-2-1-5-23-12/h3-4,8,12H,1-2,5-7,9-10H2,(H,18,20)(H,19,22)/t12-/m1/s1. The molecule has 1 saturated heterocycles. The van der Waals surface area contributed by atoms with E-state index in [4.69, 9.17) is 14.2 Å². The highest BCUT2D eigenvalue weighted by Gasteiger charge is 2.16. The van der Waals surface area contributed by atoms with Crippen molar-refractivity contribution < 1.29 is 19.0 Å². The van der Waals surface area contributed by atoms with Crippen LogP contribution in [0, 0.1) is 0 Å². The van der Waals surface area contributed by atoms with Crippen LogP contribution < -0.4 is 20.1 Å². The fourth-order valence-corrected chi connectivity index (χ4v) is 4.35. The van der Waals surface area contributed by atoms with E-state index in [1.165, 1.54) is 23.1 Å². The molecule has 0 bridgehead atoms. The Balaban J connectivity index is 1.23. The fourth-order valence-electron chi connectivity index (χ4n) is 2.79. The third kappa shape index (κ3) is 5.02. The fraction of sp³-hybridized carbons (Fsp3) is 0.471. The zero-order valence-electron chi connectivity index (χ0n) is 14.6. The number of benzene rings is 1. The first kappa shape index (κ1) is 18.3. The molecule has 2 N–H and O–H groups in total. The molecule has 0 aliphatic carbocycles. The van der Waals surface area contributed by atoms with Gasteiger partial charge in [0, 0.05) is 24.9 Å². The molecular formula is C17H20N4O4S2. The minimum atomic E-state index is -0.110. The zero-order valence-corrected chi connectivity index (χ0v) is 16.2. The largest absolute Gasteiger partial charge is 0.486 e. The molecule has 1 aromatic carbocycles. The Kier molecular flexibility index (Phi) is 5.95. The van der Waals surface area contributed by atoms with Crippen LogP contribution in [0.15, 0.2) is 22.5 Å². The monoisotopic (exact) mass is 408 g/mol. The number of nitrogens with one attached hydrogen (secondary N) is 2. The van der Waals surface area contributed by atoms with Crippen molar-refractivity contribution in [2.45, 2.75) is 23.3 Å². The molecule has 0 saturated carbocycles. The van der Waals surface area contributed by atoms with Gasteiger partial charge in [-0.15, -0.1) is 10.2 Å². The van der Waals surface area contributed by atoms with Crippen molar-refractivity contribution in [1.82, 2.24) is 10.2 Å². The number of anilines is 2. The molecule has 1 fully saturated rings. The first-order chi connectivity index (χ1) is 13.3. The van der Waals surface area contributed by atoms with Gasteiger partial charge in [0.1, 0.15) is 13.2 Å². The third-order valence-corrected chi connectivity index (χ3v) is 6.08. The van der Waals surface area contributed by atoms with Crippen molar-refractivity contribution >= 4 is 39.8 Å². The Labute approximate surface area is 165 Å². The number of nitrogens with zero attached hydrogens (tertiary/aromatic N) is 2. The molecule has 2 aromatic rings. The summed E-state index contributed by atoms with van der Waals surface area (Å²) in [6.45, 7) is 2.63. The molecule has 27 heavy (non-hydrogen) atoms. The lowest BCUT2D eigenvalue weighted by atomic mass is 10.2. The van der Waals surface area contributed by atoms with E-state index in [1.807, 2.05) is 0 Å². The molecule has 1 amide bonds. The van der Waals surface area contributed by atoms with Crippen LogP contribution in [0.3, 0.4) is 0 Å². The number of ether oxygens (including phenoxy) is 3. The van der Waals surface area contributed by atoms with Gasteiger partial charge in [-0.25, -0.2) is 0 Å². The van der Waals surface area contributed by atoms with Crippen LogP contribution in [-0.4, -0.2) is 54.3 Å². The van der Waals surface area contributed by atoms with Crippen LogP contribution in [0.2, 0.25) is 0 Å². The summed E-state index contributed by atoms with van der Waals surface area (Å²) in [6.07, 6.45) is 2.44. The van der Waals surface area contributed by atoms with Crippen molar-refractivity contribution in [1.29, 1.82) is 0 Å². The zero-order chi connectivity index (χ0) is 18.5. The van der Waals surface area contributed by atoms with E-state index in [-0.39, 0.29) is 17.8 Å². The number of fused-ring (bicyclic) bond motifs is 1. The van der Waals surface area contributed by atoms with Gasteiger partial charge in [-0.2, -0.15) is 0 Å². The average Bonchev–Trinajstić information content (AvgIpc) is 3.36. The lowest BCUT2D eigenvalue weighted by molar-refractivity contribution is -0.113. The van der Waals surface area contributed by atoms with Crippen molar-refractivity contribution in [3.05, 3.63) is 18.2 Å². The number of aromatic nitrogens is 2. The van der Waals surface area contributed by atoms with Crippen LogP contribution in [-0.2, 0) is 9.53 Å². The number of hydrogen-bond acceptors (Lipinski definition) is 9. The molecule has 2 aliphatic heterocycles. The molecule has 4 rings (SSSR count). The first-order valence-electron chi connectivity index (χ1n) is 8.77. The predicted molar refractivity (Wildman–Crippen MR) is 104 cm³/mol. The van der Waals surface area contributed by atoms with Gasteiger partial charge in [-0.1, -0.05) is 23.1 Å². The number of thioether (sulfide) groups is 1. The second-order valence-corrected chi connectivity index (χ2v) is 8.28. The van der Waals surface area contributed by atoms with E-state index < -0.39 is 0 Å². The van der Waals surface area contributed by atoms with Crippen molar-refractivity contribution in [3.8, 4) is 11.5 Å². The minimum absolute atomic E-state index is 0.110. The molecule has 2 aliphatic rings. The van der Waals surface area contributed by atoms with Crippen molar-refractivity contribution in [2.75, 3.05) is 42.8 Å². The van der Waals surface area contributed by atoms with Crippen LogP contribution in [0.25, 0.3) is 0 Å². The number of hydrogen-bond donors (Lipinski definition) is 2. The van der Waals surface area contributed by atoms with Gasteiger partial charge in [-0.05, 0) is 25.0 Å². The number of amides is 1. The number of carbonyl (C=O) groups excluding carboxylic acids is 1. The smallest absolute Gasteiger partial charge is 0.234 e. The highest BCUT2D eigenvalue weighted by atomic mass is 32.2. The Morgan fingerprint density at radius 1 is 1.22 bits per heavy atom. The second kappa shape index (κ2) is 8.77. The van der Waals surface area contributed by atoms with Gasteiger partial charge in [-0.3, -0.25) is 4.79 Å². The maximum absolute atomic E-state index is 12.2. The van der Waals surface area contributed by atoms with Gasteiger partial charge in [0.05, 0.1) is 11.9 Å². The molecule has 10 heteroatoms. The van der Waals surface area contributed by atoms with E-state index >= 15 is 0 Å². The van der Waals surface area contributed by atoms with Gasteiger partial charge in [0.2, 0.25) is 11.0 Å². The SMILES string of the molecule is O=C(CSc1nnc(NC[C@H]2CCCO2)s1)Nc1ccc2c(c1)OCCO2. The first-order valence-corrected chi connectivity index (χ1v) is 10.6. The average molecular weight is 409 g/mol. The summed E-state index contributed by atoms with van der Waals surface area (Å²) in [7, 11) is 0. The minimum Gasteiger partial charge on any atom is -0.486 e. The van der Waals surface area contributed by atoms with Crippen LogP contribution >= 0.6 is 23.1 Å². The quantitative estimate of drug-likeness (QED) is 0.675. The summed E-state index contributed by atoms with van der Waals surface area (Å²) in [5.41, 5.74) is 0.682. The van der Waals surface area contributed by atoms with Gasteiger partial charge in [0.15, 0.2) is 15.8 Å². The van der Waals surface area contributed by atoms with E-state index in [0.717, 1.165) is 35.5 Å². The molecule has 0 radical (unpaired) electrons. The number of carbonyl (C=O) groups is 1. The topological polar surface area (TPSA) is 94.6 Å². The van der Waals surface area contributed by atoms with E-state index in [2.05, 4.69) is 20.8 Å². The summed E-state index contributed by atoms with van der Waals surface area (Å²) < 4.78 is 17.3. The van der Waals surface area contributed by atoms with E-state index in [9.17, 15) is 4.79 Å². The third-order valence-electron chi connectivity index (χ3n) is 4.06. The highest BCUT2D eigenvalue weighted by Crippen LogP contribution is 2.33. The van der Waals surface area contributed by atoms with Gasteiger partial charge < -0.3 is 24.8 Å². The van der Waals surface area contributed by atoms with Crippen LogP contribution in [0.4, 0.5) is 10.8 Å². The molecule has 1 aromatic heterocycles. The molecule has 0 spiro atoms. The lowest BCUT2D eigenvalue weighted by Crippen LogP contribution is -2.18. The van der Waals surface area contributed by atoms with Crippen LogP contribution in [0.5, 0.6) is 11.5 Å². The van der Waals surface area contributed by atoms with Gasteiger partial charge in [0.25, 0.3) is 0 Å². The molecule has 8 nitrogen and oxygen atoms in total. The normalized spacial score (nSPS) is 18.3. The molecule has 3 heterocycles. The Bertz CT molecular complexity index is 795. The second-order valence-electron chi connectivity index (χ2n) is 6.08. The Morgan fingerprint density at radius 2 is 2.11 bits per heavy atom. The Morgan fingerprint density at radius 3 is 2.96 bits per heavy atom.